The molecule has 0 saturated heterocycles. The summed E-state index contributed by atoms with van der Waals surface area (Å²) < 4.78 is 31.1. The molecule has 3 heterocycles. The molecule has 3 aromatic carbocycles. The molecule has 0 radical (unpaired) electrons. The molecule has 3 aromatic heterocycles. The summed E-state index contributed by atoms with van der Waals surface area (Å²) in [5.41, 5.74) is 3.44. The first-order valence-corrected chi connectivity index (χ1v) is 13.0. The zero-order chi connectivity index (χ0) is 25.9. The van der Waals surface area contributed by atoms with Crippen LogP contribution in [0.4, 0.5) is 0 Å². The fraction of sp³-hybridized carbons (Fsp3) is 0.172. The smallest absolute Gasteiger partial charge is 0.294 e. The van der Waals surface area contributed by atoms with Crippen LogP contribution in [-0.2, 0) is 13.2 Å². The van der Waals surface area contributed by atoms with Crippen LogP contribution in [0, 0.1) is 0 Å². The second-order valence-electron chi connectivity index (χ2n) is 8.51. The Morgan fingerprint density at radius 1 is 0.868 bits per heavy atom. The van der Waals surface area contributed by atoms with Crippen molar-refractivity contribution >= 4 is 27.3 Å². The van der Waals surface area contributed by atoms with E-state index in [-0.39, 0.29) is 0 Å². The molecule has 0 saturated carbocycles. The highest BCUT2D eigenvalue weighted by atomic mass is 32.1. The zero-order valence-electron chi connectivity index (χ0n) is 20.9. The molecule has 38 heavy (non-hydrogen) atoms. The van der Waals surface area contributed by atoms with Crippen LogP contribution < -0.4 is 18.9 Å². The average molecular weight is 528 g/mol. The summed E-state index contributed by atoms with van der Waals surface area (Å²) in [6.45, 7) is 3.34. The monoisotopic (exact) mass is 527 g/mol. The van der Waals surface area contributed by atoms with E-state index < -0.39 is 0 Å². The number of methoxy groups -OCH3 is 1. The minimum atomic E-state index is 0.359. The van der Waals surface area contributed by atoms with Crippen molar-refractivity contribution in [2.45, 2.75) is 20.1 Å². The van der Waals surface area contributed by atoms with Crippen LogP contribution in [0.2, 0.25) is 0 Å². The highest BCUT2D eigenvalue weighted by Crippen LogP contribution is 2.38. The lowest BCUT2D eigenvalue weighted by atomic mass is 10.2. The fourth-order valence-electron chi connectivity index (χ4n) is 4.09. The van der Waals surface area contributed by atoms with Crippen LogP contribution >= 0.6 is 11.3 Å². The molecule has 0 N–H and O–H groups in total. The summed E-state index contributed by atoms with van der Waals surface area (Å²) in [5.74, 6) is 2.75. The van der Waals surface area contributed by atoms with Crippen LogP contribution in [0.1, 0.15) is 18.1 Å². The molecule has 0 aliphatic heterocycles. The van der Waals surface area contributed by atoms with Gasteiger partial charge in [-0.15, -0.1) is 5.10 Å². The molecule has 6 aromatic rings. The molecule has 192 valence electrons. The molecule has 0 aliphatic rings. The minimum Gasteiger partial charge on any atom is -0.494 e. The second-order valence-corrected chi connectivity index (χ2v) is 9.43. The molecule has 0 atom stereocenters. The number of nitrogens with zero attached hydrogens (tertiary/aromatic N) is 3. The first-order valence-electron chi connectivity index (χ1n) is 12.2. The van der Waals surface area contributed by atoms with Gasteiger partial charge in [0, 0.05) is 12.1 Å². The Labute approximate surface area is 223 Å². The van der Waals surface area contributed by atoms with Crippen LogP contribution in [-0.4, -0.2) is 28.3 Å². The van der Waals surface area contributed by atoms with Crippen LogP contribution in [0.25, 0.3) is 27.4 Å². The van der Waals surface area contributed by atoms with Crippen LogP contribution in [0.5, 0.6) is 22.4 Å². The number of hydrogen-bond donors (Lipinski definition) is 0. The molecular formula is C29H25N3O5S. The Kier molecular flexibility index (Phi) is 6.58. The third kappa shape index (κ3) is 5.01. The first-order chi connectivity index (χ1) is 18.7. The van der Waals surface area contributed by atoms with Gasteiger partial charge in [-0.1, -0.05) is 42.5 Å². The van der Waals surface area contributed by atoms with Crippen molar-refractivity contribution in [3.05, 3.63) is 90.1 Å². The van der Waals surface area contributed by atoms with Crippen molar-refractivity contribution in [1.29, 1.82) is 0 Å². The zero-order valence-corrected chi connectivity index (χ0v) is 21.7. The lowest BCUT2D eigenvalue weighted by Gasteiger charge is -2.11. The molecule has 0 fully saturated rings. The van der Waals surface area contributed by atoms with Crippen LogP contribution in [0.3, 0.4) is 0 Å². The number of imidazole rings is 1. The molecule has 6 rings (SSSR count). The van der Waals surface area contributed by atoms with E-state index in [1.165, 1.54) is 11.3 Å². The maximum absolute atomic E-state index is 6.29. The lowest BCUT2D eigenvalue weighted by Crippen LogP contribution is -1.99. The summed E-state index contributed by atoms with van der Waals surface area (Å²) in [6, 6.07) is 23.7. The van der Waals surface area contributed by atoms with Crippen LogP contribution in [0.15, 0.2) is 83.4 Å². The Hall–Kier alpha value is -4.50. The van der Waals surface area contributed by atoms with Gasteiger partial charge in [-0.25, -0.2) is 9.50 Å². The molecule has 8 nitrogen and oxygen atoms in total. The molecule has 0 unspecified atom stereocenters. The first kappa shape index (κ1) is 23.9. The van der Waals surface area contributed by atoms with Crippen molar-refractivity contribution in [2.75, 3.05) is 13.7 Å². The Bertz CT molecular complexity index is 1660. The third-order valence-corrected chi connectivity index (χ3v) is 6.76. The summed E-state index contributed by atoms with van der Waals surface area (Å²) in [4.78, 5) is 5.36. The second kappa shape index (κ2) is 10.5. The Morgan fingerprint density at radius 2 is 1.71 bits per heavy atom. The molecule has 0 spiro atoms. The predicted octanol–water partition coefficient (Wildman–Crippen LogP) is 6.77. The standard InChI is InChI=1S/C29H25N3O5S/c1-3-34-22-13-25(36-18-20-10-7-11-21(12-20)35-17-19-8-5-4-6-9-19)23-15-27(37-26(23)14-22)24-16-32-28(30-24)38-29(31-32)33-2/h4-16H,3,17-18H2,1-2H3. The van der Waals surface area contributed by atoms with E-state index in [4.69, 9.17) is 23.4 Å². The molecule has 9 heteroatoms. The van der Waals surface area contributed by atoms with Gasteiger partial charge in [-0.05, 0) is 47.6 Å². The van der Waals surface area contributed by atoms with Gasteiger partial charge in [0.25, 0.3) is 5.19 Å². The fourth-order valence-corrected chi connectivity index (χ4v) is 4.79. The number of fused-ring (bicyclic) bond motifs is 2. The normalized spacial score (nSPS) is 11.2. The number of aromatic nitrogens is 3. The Balaban J connectivity index is 1.24. The van der Waals surface area contributed by atoms with Gasteiger partial charge in [-0.3, -0.25) is 0 Å². The SMILES string of the molecule is CCOc1cc(OCc2cccc(OCc3ccccc3)c2)c2cc(-c3cn4nc(OC)sc4n3)oc2c1. The summed E-state index contributed by atoms with van der Waals surface area (Å²) in [5, 5.41) is 5.73. The van der Waals surface area contributed by atoms with Gasteiger partial charge in [0.2, 0.25) is 4.96 Å². The molecule has 0 amide bonds. The maximum atomic E-state index is 6.29. The number of rotatable bonds is 10. The highest BCUT2D eigenvalue weighted by Gasteiger charge is 2.17. The van der Waals surface area contributed by atoms with Gasteiger partial charge < -0.3 is 23.4 Å². The van der Waals surface area contributed by atoms with E-state index in [9.17, 15) is 0 Å². The molecule has 0 aliphatic carbocycles. The Morgan fingerprint density at radius 3 is 2.53 bits per heavy atom. The molecular weight excluding hydrogens is 502 g/mol. The average Bonchev–Trinajstić information content (AvgIpc) is 3.65. The van der Waals surface area contributed by atoms with Gasteiger partial charge in [-0.2, -0.15) is 0 Å². The van der Waals surface area contributed by atoms with E-state index in [0.717, 1.165) is 27.2 Å². The third-order valence-electron chi connectivity index (χ3n) is 5.88. The highest BCUT2D eigenvalue weighted by molar-refractivity contribution is 7.18. The molecule has 0 bridgehead atoms. The van der Waals surface area contributed by atoms with Crippen molar-refractivity contribution in [2.24, 2.45) is 0 Å². The van der Waals surface area contributed by atoms with Gasteiger partial charge in [0.05, 0.1) is 25.3 Å². The summed E-state index contributed by atoms with van der Waals surface area (Å²) >= 11 is 1.36. The number of ether oxygens (including phenoxy) is 4. The topological polar surface area (TPSA) is 80.2 Å². The predicted molar refractivity (Wildman–Crippen MR) is 145 cm³/mol. The number of furan rings is 1. The maximum Gasteiger partial charge on any atom is 0.294 e. The van der Waals surface area contributed by atoms with E-state index in [2.05, 4.69) is 10.1 Å². The number of benzene rings is 3. The minimum absolute atomic E-state index is 0.359. The van der Waals surface area contributed by atoms with Gasteiger partial charge in [0.1, 0.15) is 41.7 Å². The van der Waals surface area contributed by atoms with Gasteiger partial charge in [0.15, 0.2) is 5.76 Å². The lowest BCUT2D eigenvalue weighted by molar-refractivity contribution is 0.295. The van der Waals surface area contributed by atoms with Crippen molar-refractivity contribution in [1.82, 2.24) is 14.6 Å². The van der Waals surface area contributed by atoms with E-state index in [0.29, 0.717) is 53.6 Å². The number of hydrogen-bond acceptors (Lipinski definition) is 8. The van der Waals surface area contributed by atoms with E-state index >= 15 is 0 Å². The quantitative estimate of drug-likeness (QED) is 0.194. The van der Waals surface area contributed by atoms with Gasteiger partial charge >= 0.3 is 0 Å². The van der Waals surface area contributed by atoms with E-state index in [1.807, 2.05) is 85.9 Å². The van der Waals surface area contributed by atoms with Crippen molar-refractivity contribution in [3.8, 4) is 33.9 Å². The summed E-state index contributed by atoms with van der Waals surface area (Å²) in [7, 11) is 1.59. The summed E-state index contributed by atoms with van der Waals surface area (Å²) in [6.07, 6.45) is 1.82. The van der Waals surface area contributed by atoms with Crippen molar-refractivity contribution < 1.29 is 23.4 Å². The van der Waals surface area contributed by atoms with Crippen molar-refractivity contribution in [3.63, 3.8) is 0 Å². The largest absolute Gasteiger partial charge is 0.494 e. The van der Waals surface area contributed by atoms with E-state index in [1.54, 1.807) is 11.6 Å².